The van der Waals surface area contributed by atoms with E-state index in [0.717, 1.165) is 17.9 Å². The molecule has 1 saturated carbocycles. The quantitative estimate of drug-likeness (QED) is 0.553. The minimum absolute atomic E-state index is 0.0877. The van der Waals surface area contributed by atoms with Gasteiger partial charge in [-0.1, -0.05) is 12.8 Å². The third-order valence-electron chi connectivity index (χ3n) is 4.33. The van der Waals surface area contributed by atoms with Crippen LogP contribution in [0.2, 0.25) is 0 Å². The summed E-state index contributed by atoms with van der Waals surface area (Å²) in [5.74, 6) is 1.55. The average Bonchev–Trinajstić information content (AvgIpc) is 3.26. The molecule has 6 nitrogen and oxygen atoms in total. The molecule has 0 atom stereocenters. The highest BCUT2D eigenvalue weighted by Crippen LogP contribution is 2.33. The smallest absolute Gasteiger partial charge is 0.267 e. The summed E-state index contributed by atoms with van der Waals surface area (Å²) in [6.07, 6.45) is 8.07. The van der Waals surface area contributed by atoms with Gasteiger partial charge in [0.15, 0.2) is 0 Å². The third-order valence-corrected chi connectivity index (χ3v) is 4.33. The number of pyridine rings is 1. The van der Waals surface area contributed by atoms with Crippen LogP contribution in [0.5, 0.6) is 5.75 Å². The molecule has 1 aliphatic rings. The van der Waals surface area contributed by atoms with Crippen LogP contribution in [0, 0.1) is 5.92 Å². The molecule has 25 heavy (non-hydrogen) atoms. The van der Waals surface area contributed by atoms with Gasteiger partial charge in [-0.25, -0.2) is 4.98 Å². The first kappa shape index (κ1) is 17.3. The van der Waals surface area contributed by atoms with Gasteiger partial charge in [-0.2, -0.15) is 0 Å². The second kappa shape index (κ2) is 7.59. The number of hydrogen-bond donors (Lipinski definition) is 4. The van der Waals surface area contributed by atoms with Gasteiger partial charge in [0.1, 0.15) is 17.3 Å². The molecule has 0 aliphatic heterocycles. The Hall–Kier alpha value is -2.50. The third kappa shape index (κ3) is 4.75. The number of hydrogen-bond acceptors (Lipinski definition) is 4. The van der Waals surface area contributed by atoms with Gasteiger partial charge in [0, 0.05) is 29.9 Å². The number of H-pyrrole nitrogens is 1. The van der Waals surface area contributed by atoms with Crippen LogP contribution >= 0.6 is 0 Å². The van der Waals surface area contributed by atoms with Crippen molar-refractivity contribution in [2.24, 2.45) is 5.92 Å². The molecule has 0 bridgehead atoms. The van der Waals surface area contributed by atoms with E-state index in [1.54, 1.807) is 18.3 Å². The molecule has 2 aromatic heterocycles. The van der Waals surface area contributed by atoms with E-state index in [0.29, 0.717) is 23.6 Å². The van der Waals surface area contributed by atoms with Crippen LogP contribution in [0.25, 0.3) is 11.1 Å². The van der Waals surface area contributed by atoms with Crippen LogP contribution in [-0.2, 0) is 0 Å². The molecule has 6 heteroatoms. The van der Waals surface area contributed by atoms with Crippen LogP contribution in [0.15, 0.2) is 24.5 Å². The first-order chi connectivity index (χ1) is 12.0. The molecule has 0 spiro atoms. The largest absolute Gasteiger partial charge is 0.506 e. The van der Waals surface area contributed by atoms with Gasteiger partial charge in [0.2, 0.25) is 0 Å². The van der Waals surface area contributed by atoms with Crippen molar-refractivity contribution in [2.45, 2.75) is 45.6 Å². The number of nitrogens with one attached hydrogen (secondary N) is 3. The van der Waals surface area contributed by atoms with E-state index in [-0.39, 0.29) is 17.7 Å². The molecule has 0 radical (unpaired) electrons. The van der Waals surface area contributed by atoms with E-state index >= 15 is 0 Å². The van der Waals surface area contributed by atoms with Gasteiger partial charge >= 0.3 is 0 Å². The monoisotopic (exact) mass is 342 g/mol. The Morgan fingerprint density at radius 3 is 2.92 bits per heavy atom. The SMILES string of the molecule is CC(C)Nc1cc(-c2c[nH]c(C(=O)NCCCC3CC3)c2)c(O)cn1. The zero-order valence-electron chi connectivity index (χ0n) is 14.8. The highest BCUT2D eigenvalue weighted by Gasteiger charge is 2.20. The molecule has 4 N–H and O–H groups in total. The average molecular weight is 342 g/mol. The van der Waals surface area contributed by atoms with Crippen molar-refractivity contribution in [2.75, 3.05) is 11.9 Å². The predicted octanol–water partition coefficient (Wildman–Crippen LogP) is 3.52. The number of nitrogens with zero attached hydrogens (tertiary/aromatic N) is 1. The number of aromatic nitrogens is 2. The Kier molecular flexibility index (Phi) is 5.26. The van der Waals surface area contributed by atoms with Crippen LogP contribution in [0.4, 0.5) is 5.82 Å². The molecule has 1 aliphatic carbocycles. The van der Waals surface area contributed by atoms with Crippen LogP contribution < -0.4 is 10.6 Å². The summed E-state index contributed by atoms with van der Waals surface area (Å²) < 4.78 is 0. The lowest BCUT2D eigenvalue weighted by Crippen LogP contribution is -2.24. The zero-order valence-corrected chi connectivity index (χ0v) is 14.8. The summed E-state index contributed by atoms with van der Waals surface area (Å²) in [6.45, 7) is 4.75. The molecule has 0 unspecified atom stereocenters. The van der Waals surface area contributed by atoms with Crippen LogP contribution in [0.1, 0.15) is 50.0 Å². The van der Waals surface area contributed by atoms with Gasteiger partial charge in [-0.15, -0.1) is 0 Å². The maximum atomic E-state index is 12.2. The van der Waals surface area contributed by atoms with Gasteiger partial charge in [0.05, 0.1) is 6.20 Å². The van der Waals surface area contributed by atoms with Gasteiger partial charge < -0.3 is 20.7 Å². The predicted molar refractivity (Wildman–Crippen MR) is 98.7 cm³/mol. The highest BCUT2D eigenvalue weighted by atomic mass is 16.3. The number of rotatable bonds is 8. The summed E-state index contributed by atoms with van der Waals surface area (Å²) in [7, 11) is 0. The normalized spacial score (nSPS) is 13.9. The lowest BCUT2D eigenvalue weighted by molar-refractivity contribution is 0.0948. The van der Waals surface area contributed by atoms with Gasteiger partial charge in [-0.05, 0) is 44.7 Å². The van der Waals surface area contributed by atoms with Gasteiger partial charge in [-0.3, -0.25) is 4.79 Å². The molecule has 0 saturated heterocycles. The number of amides is 1. The number of aromatic hydroxyl groups is 1. The Balaban J connectivity index is 1.64. The summed E-state index contributed by atoms with van der Waals surface area (Å²) in [4.78, 5) is 19.4. The molecule has 3 rings (SSSR count). The van der Waals surface area contributed by atoms with E-state index in [1.165, 1.54) is 25.5 Å². The Labute approximate surface area is 148 Å². The maximum absolute atomic E-state index is 12.2. The number of aromatic amines is 1. The van der Waals surface area contributed by atoms with E-state index in [4.69, 9.17) is 0 Å². The number of anilines is 1. The lowest BCUT2D eigenvalue weighted by atomic mass is 10.1. The first-order valence-electron chi connectivity index (χ1n) is 8.95. The molecule has 134 valence electrons. The Morgan fingerprint density at radius 2 is 2.20 bits per heavy atom. The maximum Gasteiger partial charge on any atom is 0.267 e. The summed E-state index contributed by atoms with van der Waals surface area (Å²) in [5, 5.41) is 16.2. The molecular weight excluding hydrogens is 316 g/mol. The van der Waals surface area contributed by atoms with E-state index in [1.807, 2.05) is 13.8 Å². The van der Waals surface area contributed by atoms with Crippen molar-refractivity contribution >= 4 is 11.7 Å². The number of carbonyl (C=O) groups is 1. The minimum atomic E-state index is -0.115. The fourth-order valence-corrected chi connectivity index (χ4v) is 2.83. The number of carbonyl (C=O) groups excluding carboxylic acids is 1. The summed E-state index contributed by atoms with van der Waals surface area (Å²) >= 11 is 0. The molecule has 1 fully saturated rings. The van der Waals surface area contributed by atoms with E-state index in [2.05, 4.69) is 20.6 Å². The Morgan fingerprint density at radius 1 is 1.40 bits per heavy atom. The molecular formula is C19H26N4O2. The second-order valence-electron chi connectivity index (χ2n) is 7.03. The molecule has 2 heterocycles. The molecule has 0 aromatic carbocycles. The zero-order chi connectivity index (χ0) is 17.8. The van der Waals surface area contributed by atoms with Crippen molar-refractivity contribution in [3.05, 3.63) is 30.2 Å². The van der Waals surface area contributed by atoms with E-state index < -0.39 is 0 Å². The minimum Gasteiger partial charge on any atom is -0.506 e. The van der Waals surface area contributed by atoms with Crippen molar-refractivity contribution < 1.29 is 9.90 Å². The summed E-state index contributed by atoms with van der Waals surface area (Å²) in [6, 6.07) is 3.79. The van der Waals surface area contributed by atoms with Gasteiger partial charge in [0.25, 0.3) is 5.91 Å². The fraction of sp³-hybridized carbons (Fsp3) is 0.474. The van der Waals surface area contributed by atoms with Crippen molar-refractivity contribution in [3.63, 3.8) is 0 Å². The summed E-state index contributed by atoms with van der Waals surface area (Å²) in [5.41, 5.74) is 1.90. The Bertz CT molecular complexity index is 735. The fourth-order valence-electron chi connectivity index (χ4n) is 2.83. The van der Waals surface area contributed by atoms with Crippen LogP contribution in [0.3, 0.4) is 0 Å². The highest BCUT2D eigenvalue weighted by molar-refractivity contribution is 5.94. The van der Waals surface area contributed by atoms with Crippen molar-refractivity contribution in [1.82, 2.24) is 15.3 Å². The van der Waals surface area contributed by atoms with Crippen LogP contribution in [-0.4, -0.2) is 33.6 Å². The molecule has 1 amide bonds. The second-order valence-corrected chi connectivity index (χ2v) is 7.03. The first-order valence-corrected chi connectivity index (χ1v) is 8.95. The van der Waals surface area contributed by atoms with E-state index in [9.17, 15) is 9.90 Å². The topological polar surface area (TPSA) is 90.0 Å². The standard InChI is InChI=1S/C19H26N4O2/c1-12(2)23-18-9-15(17(24)11-22-18)14-8-16(21-10-14)19(25)20-7-3-4-13-5-6-13/h8-13,21,24H,3-7H2,1-2H3,(H,20,25)(H,22,23). The van der Waals surface area contributed by atoms with Crippen molar-refractivity contribution in [3.8, 4) is 16.9 Å². The van der Waals surface area contributed by atoms with Crippen molar-refractivity contribution in [1.29, 1.82) is 0 Å². The lowest BCUT2D eigenvalue weighted by Gasteiger charge is -2.10. The molecule has 2 aromatic rings.